The van der Waals surface area contributed by atoms with Crippen LogP contribution in [0.4, 0.5) is 37.7 Å². The van der Waals surface area contributed by atoms with E-state index < -0.39 is 53.1 Å². The van der Waals surface area contributed by atoms with E-state index in [4.69, 9.17) is 9.47 Å². The maximum Gasteiger partial charge on any atom is 0.401 e. The lowest BCUT2D eigenvalue weighted by Gasteiger charge is -2.39. The number of hydrogen-bond donors (Lipinski definition) is 2. The van der Waals surface area contributed by atoms with Gasteiger partial charge in [-0.15, -0.1) is 0 Å². The molecule has 4 rings (SSSR count). The van der Waals surface area contributed by atoms with Crippen LogP contribution >= 0.6 is 0 Å². The molecular weight excluding hydrogens is 630 g/mol. The number of morpholine rings is 1. The summed E-state index contributed by atoms with van der Waals surface area (Å²) in [6.07, 6.45) is 2.05. The molecule has 0 spiro atoms. The Balaban J connectivity index is 1.45. The molecule has 254 valence electrons. The highest BCUT2D eigenvalue weighted by Gasteiger charge is 2.48. The number of allylic oxidation sites excluding steroid dienone is 5. The predicted molar refractivity (Wildman–Crippen MR) is 163 cm³/mol. The summed E-state index contributed by atoms with van der Waals surface area (Å²) in [7, 11) is 1.61. The Labute approximate surface area is 268 Å². The number of esters is 1. The molecule has 1 saturated heterocycles. The van der Waals surface area contributed by atoms with Crippen molar-refractivity contribution in [2.75, 3.05) is 39.9 Å². The van der Waals surface area contributed by atoms with E-state index >= 15 is 4.39 Å². The van der Waals surface area contributed by atoms with Crippen LogP contribution in [0.25, 0.3) is 0 Å². The van der Waals surface area contributed by atoms with Crippen LogP contribution in [-0.2, 0) is 25.5 Å². The van der Waals surface area contributed by atoms with E-state index in [2.05, 4.69) is 16.9 Å². The first kappa shape index (κ1) is 36.0. The molecular formula is C33H37F6N4O4+. The second kappa shape index (κ2) is 15.4. The smallest absolute Gasteiger partial charge is 0.401 e. The summed E-state index contributed by atoms with van der Waals surface area (Å²) in [6, 6.07) is 3.64. The summed E-state index contributed by atoms with van der Waals surface area (Å²) < 4.78 is 90.9. The number of carbonyl (C=O) groups excluding carboxylic acids is 2. The number of nitrogens with zero attached hydrogens (tertiary/aromatic N) is 2. The number of alkyl halides is 3. The highest BCUT2D eigenvalue weighted by Crippen LogP contribution is 2.48. The molecule has 1 aromatic heterocycles. The van der Waals surface area contributed by atoms with Gasteiger partial charge in [-0.3, -0.25) is 15.1 Å². The van der Waals surface area contributed by atoms with E-state index in [1.807, 2.05) is 5.32 Å². The molecule has 0 aliphatic carbocycles. The van der Waals surface area contributed by atoms with Gasteiger partial charge in [-0.1, -0.05) is 18.7 Å². The van der Waals surface area contributed by atoms with Gasteiger partial charge in [0.25, 0.3) is 0 Å². The molecule has 0 bridgehead atoms. The van der Waals surface area contributed by atoms with Crippen molar-refractivity contribution >= 4 is 23.3 Å². The Bertz CT molecular complexity index is 1540. The minimum Gasteiger partial charge on any atom is -0.463 e. The van der Waals surface area contributed by atoms with Crippen LogP contribution in [0.1, 0.15) is 36.8 Å². The quantitative estimate of drug-likeness (QED) is 0.132. The molecule has 1 fully saturated rings. The number of rotatable bonds is 12. The minimum absolute atomic E-state index is 0.0937. The second-order valence-corrected chi connectivity index (χ2v) is 11.6. The van der Waals surface area contributed by atoms with Gasteiger partial charge in [0.05, 0.1) is 63.3 Å². The molecule has 4 unspecified atom stereocenters. The largest absolute Gasteiger partial charge is 0.463 e. The highest BCUT2D eigenvalue weighted by molar-refractivity contribution is 5.99. The van der Waals surface area contributed by atoms with Crippen LogP contribution in [-0.4, -0.2) is 75.1 Å². The Morgan fingerprint density at radius 3 is 2.68 bits per heavy atom. The van der Waals surface area contributed by atoms with Crippen LogP contribution in [0, 0.1) is 11.6 Å². The van der Waals surface area contributed by atoms with Crippen LogP contribution in [0.15, 0.2) is 66.8 Å². The SMILES string of the molecule is C=C(C=CC(F)=CC)C1CC(=O)[N+](C)(c2cncc(F)c2CCC2CNC(COC(=O)CNCC(F)(F)F)CO2)c2ccc(F)cc21. The summed E-state index contributed by atoms with van der Waals surface area (Å²) in [6.45, 7) is 4.02. The number of benzene rings is 1. The zero-order valence-electron chi connectivity index (χ0n) is 26.0. The summed E-state index contributed by atoms with van der Waals surface area (Å²) in [5, 5.41) is 5.13. The van der Waals surface area contributed by atoms with Crippen molar-refractivity contribution < 1.29 is 45.4 Å². The number of halogens is 6. The molecule has 47 heavy (non-hydrogen) atoms. The maximum absolute atomic E-state index is 15.4. The lowest BCUT2D eigenvalue weighted by molar-refractivity contribution is -0.146. The first-order chi connectivity index (χ1) is 22.2. The number of nitrogens with one attached hydrogen (secondary N) is 2. The molecule has 4 atom stereocenters. The average molecular weight is 668 g/mol. The van der Waals surface area contributed by atoms with Crippen molar-refractivity contribution in [1.82, 2.24) is 20.1 Å². The number of aromatic nitrogens is 1. The van der Waals surface area contributed by atoms with E-state index in [0.29, 0.717) is 29.8 Å². The number of carbonyl (C=O) groups is 2. The molecule has 0 radical (unpaired) electrons. The van der Waals surface area contributed by atoms with Crippen molar-refractivity contribution in [2.24, 2.45) is 0 Å². The van der Waals surface area contributed by atoms with Crippen LogP contribution < -0.4 is 15.1 Å². The number of hydrogen-bond acceptors (Lipinski definition) is 7. The van der Waals surface area contributed by atoms with E-state index in [9.17, 15) is 31.5 Å². The van der Waals surface area contributed by atoms with Gasteiger partial charge < -0.3 is 14.8 Å². The zero-order chi connectivity index (χ0) is 34.4. The van der Waals surface area contributed by atoms with Gasteiger partial charge in [0.15, 0.2) is 11.5 Å². The van der Waals surface area contributed by atoms with Crippen LogP contribution in [0.5, 0.6) is 0 Å². The van der Waals surface area contributed by atoms with Gasteiger partial charge in [-0.25, -0.2) is 18.0 Å². The Hall–Kier alpha value is -3.85. The monoisotopic (exact) mass is 667 g/mol. The van der Waals surface area contributed by atoms with Gasteiger partial charge in [-0.05, 0) is 43.5 Å². The van der Waals surface area contributed by atoms with Crippen molar-refractivity contribution in [1.29, 1.82) is 0 Å². The number of quaternary nitrogens is 1. The van der Waals surface area contributed by atoms with Crippen molar-refractivity contribution in [3.63, 3.8) is 0 Å². The molecule has 0 saturated carbocycles. The van der Waals surface area contributed by atoms with Crippen molar-refractivity contribution in [3.05, 3.63) is 89.6 Å². The fourth-order valence-electron chi connectivity index (χ4n) is 5.71. The third-order valence-corrected chi connectivity index (χ3v) is 8.29. The summed E-state index contributed by atoms with van der Waals surface area (Å²) >= 11 is 0. The van der Waals surface area contributed by atoms with Crippen molar-refractivity contribution in [2.45, 2.75) is 50.4 Å². The standard InChI is InChI=1S/C33H37F6N4O4/c1-4-21(34)6-5-20(2)26-12-31(44)43(3,29-10-7-22(35)11-27(26)29)30-15-40-14-28(36)25(30)9-8-24-13-42-23(17-46-24)18-47-32(45)16-41-19-33(37,38)39/h4-7,10-11,14-15,23-24,26,41-42H,2,8-9,12-13,16-19H2,1,3H3/q+1. The lowest BCUT2D eigenvalue weighted by Crippen LogP contribution is -2.51. The van der Waals surface area contributed by atoms with Gasteiger partial charge >= 0.3 is 18.1 Å². The lowest BCUT2D eigenvalue weighted by atomic mass is 9.82. The zero-order valence-corrected chi connectivity index (χ0v) is 26.0. The normalized spacial score (nSPS) is 23.5. The summed E-state index contributed by atoms with van der Waals surface area (Å²) in [5.41, 5.74) is 1.84. The molecule has 1 amide bonds. The Morgan fingerprint density at radius 1 is 1.23 bits per heavy atom. The number of fused-ring (bicyclic) bond motifs is 1. The fraction of sp³-hybridized carbons (Fsp3) is 0.424. The molecule has 2 N–H and O–H groups in total. The topological polar surface area (TPSA) is 89.5 Å². The van der Waals surface area contributed by atoms with Gasteiger partial charge in [-0.2, -0.15) is 17.7 Å². The van der Waals surface area contributed by atoms with Gasteiger partial charge in [0, 0.05) is 24.1 Å². The third-order valence-electron chi connectivity index (χ3n) is 8.29. The minimum atomic E-state index is -4.44. The third kappa shape index (κ3) is 8.95. The first-order valence-electron chi connectivity index (χ1n) is 15.0. The summed E-state index contributed by atoms with van der Waals surface area (Å²) in [5.74, 6) is -3.42. The second-order valence-electron chi connectivity index (χ2n) is 11.6. The number of pyridine rings is 1. The molecule has 14 heteroatoms. The Kier molecular flexibility index (Phi) is 11.8. The summed E-state index contributed by atoms with van der Waals surface area (Å²) in [4.78, 5) is 29.7. The molecule has 1 aromatic carbocycles. The fourth-order valence-corrected chi connectivity index (χ4v) is 5.71. The van der Waals surface area contributed by atoms with E-state index in [0.717, 1.165) is 6.20 Å². The van der Waals surface area contributed by atoms with Gasteiger partial charge in [0.1, 0.15) is 23.9 Å². The predicted octanol–water partition coefficient (Wildman–Crippen LogP) is 5.61. The average Bonchev–Trinajstić information content (AvgIpc) is 3.03. The number of ether oxygens (including phenoxy) is 2. The number of amides is 1. The van der Waals surface area contributed by atoms with Crippen LogP contribution in [0.3, 0.4) is 0 Å². The van der Waals surface area contributed by atoms with Crippen LogP contribution in [0.2, 0.25) is 0 Å². The maximum atomic E-state index is 15.4. The highest BCUT2D eigenvalue weighted by atomic mass is 19.4. The molecule has 3 heterocycles. The Morgan fingerprint density at radius 2 is 2.00 bits per heavy atom. The molecule has 2 aliphatic heterocycles. The van der Waals surface area contributed by atoms with E-state index in [1.165, 1.54) is 49.5 Å². The first-order valence-corrected chi connectivity index (χ1v) is 15.0. The van der Waals surface area contributed by atoms with Gasteiger partial charge in [0.2, 0.25) is 0 Å². The van der Waals surface area contributed by atoms with E-state index in [-0.39, 0.29) is 55.4 Å². The van der Waals surface area contributed by atoms with Crippen molar-refractivity contribution in [3.8, 4) is 0 Å². The molecule has 2 aromatic rings. The molecule has 8 nitrogen and oxygen atoms in total. The molecule has 2 aliphatic rings. The van der Waals surface area contributed by atoms with E-state index in [1.54, 1.807) is 7.05 Å².